The van der Waals surface area contributed by atoms with Gasteiger partial charge in [0.05, 0.1) is 10.5 Å². The summed E-state index contributed by atoms with van der Waals surface area (Å²) in [5, 5.41) is 6.48. The van der Waals surface area contributed by atoms with Crippen molar-refractivity contribution in [2.75, 3.05) is 0 Å². The van der Waals surface area contributed by atoms with Crippen molar-refractivity contribution in [3.05, 3.63) is 77.4 Å². The molecule has 1 aliphatic carbocycles. The average Bonchev–Trinajstić information content (AvgIpc) is 3.13. The molecule has 0 saturated heterocycles. The molecule has 0 spiro atoms. The van der Waals surface area contributed by atoms with E-state index >= 15 is 0 Å². The minimum atomic E-state index is -4.32. The molecule has 1 fully saturated rings. The zero-order valence-electron chi connectivity index (χ0n) is 23.2. The molecule has 8 nitrogen and oxygen atoms in total. The molecule has 5 rings (SSSR count). The van der Waals surface area contributed by atoms with E-state index in [1.165, 1.54) is 0 Å². The lowest BCUT2D eigenvalue weighted by Gasteiger charge is -2.20. The molecule has 2 aromatic rings. The number of halogens is 6. The fraction of sp³-hybridized carbons (Fsp3) is 0.407. The number of benzene rings is 2. The second-order valence-corrected chi connectivity index (χ2v) is 17.0. The number of rotatable bonds is 4. The van der Waals surface area contributed by atoms with E-state index in [-0.39, 0.29) is 29.3 Å². The number of hydrogen-bond acceptors (Lipinski definition) is 8. The summed E-state index contributed by atoms with van der Waals surface area (Å²) < 4.78 is 102. The number of sulfone groups is 2. The van der Waals surface area contributed by atoms with E-state index in [0.29, 0.717) is 0 Å². The van der Waals surface area contributed by atoms with Crippen molar-refractivity contribution in [1.82, 2.24) is 0 Å². The van der Waals surface area contributed by atoms with Crippen molar-refractivity contribution in [2.45, 2.75) is 67.2 Å². The van der Waals surface area contributed by atoms with Crippen LogP contribution in [-0.2, 0) is 34.1 Å². The average molecular weight is 686 g/mol. The van der Waals surface area contributed by atoms with Gasteiger partial charge in [0.25, 0.3) is 0 Å². The molecule has 2 aliphatic heterocycles. The minimum absolute atomic E-state index is 0.0183. The van der Waals surface area contributed by atoms with Gasteiger partial charge in [0.15, 0.2) is 10.1 Å². The van der Waals surface area contributed by atoms with Gasteiger partial charge >= 0.3 is 0 Å². The first-order valence-corrected chi connectivity index (χ1v) is 16.3. The second kappa shape index (κ2) is 10.7. The molecule has 2 aromatic carbocycles. The minimum Gasteiger partial charge on any atom is -0.389 e. The smallest absolute Gasteiger partial charge is 0.223 e. The summed E-state index contributed by atoms with van der Waals surface area (Å²) in [4.78, 5) is 9.37. The van der Waals surface area contributed by atoms with E-state index in [2.05, 4.69) is 16.9 Å². The molecule has 0 amide bonds. The molecule has 0 radical (unpaired) electrons. The Hall–Kier alpha value is -2.68. The van der Waals surface area contributed by atoms with E-state index in [9.17, 15) is 34.4 Å². The van der Waals surface area contributed by atoms with Crippen LogP contribution in [0.1, 0.15) is 58.1 Å². The van der Waals surface area contributed by atoms with Crippen LogP contribution in [-0.4, -0.2) is 42.5 Å². The number of oxime groups is 2. The third-order valence-corrected chi connectivity index (χ3v) is 12.2. The van der Waals surface area contributed by atoms with Gasteiger partial charge in [-0.05, 0) is 52.0 Å². The largest absolute Gasteiger partial charge is 0.389 e. The lowest BCUT2D eigenvalue weighted by Crippen LogP contribution is -2.35. The van der Waals surface area contributed by atoms with Gasteiger partial charge in [0.2, 0.25) is 19.7 Å². The van der Waals surface area contributed by atoms with Crippen molar-refractivity contribution in [2.24, 2.45) is 10.3 Å². The third-order valence-electron chi connectivity index (χ3n) is 6.89. The summed E-state index contributed by atoms with van der Waals surface area (Å²) in [6.07, 6.45) is -0.343. The van der Waals surface area contributed by atoms with E-state index < -0.39 is 79.3 Å². The molecule has 43 heavy (non-hydrogen) atoms. The molecular formula is C27H26Cl2F4N2O6S2. The van der Waals surface area contributed by atoms with Crippen LogP contribution in [0.5, 0.6) is 0 Å². The van der Waals surface area contributed by atoms with Crippen LogP contribution in [0.4, 0.5) is 17.6 Å². The Labute approximate surface area is 256 Å². The number of alkyl halides is 2. The molecule has 0 aromatic heterocycles. The van der Waals surface area contributed by atoms with E-state index in [0.717, 1.165) is 36.4 Å². The first kappa shape index (κ1) is 33.2. The summed E-state index contributed by atoms with van der Waals surface area (Å²) in [6.45, 7) is 9.92. The highest BCUT2D eigenvalue weighted by Gasteiger charge is 2.78. The van der Waals surface area contributed by atoms with Gasteiger partial charge in [-0.3, -0.25) is 0 Å². The highest BCUT2D eigenvalue weighted by atomic mass is 35.5. The molecule has 2 heterocycles. The van der Waals surface area contributed by atoms with Gasteiger partial charge in [-0.2, -0.15) is 0 Å². The lowest BCUT2D eigenvalue weighted by atomic mass is 10.1. The SMILES string of the molecule is C=C(c1c(F)cccc1F)S(=O)(=O)C1=NOC(C)(C)C1.CC1(C)CC(S(=O)(=O)C2(c3c(F)cccc3F)CC2(Cl)Cl)=NO1. The predicted octanol–water partition coefficient (Wildman–Crippen LogP) is 6.53. The molecule has 234 valence electrons. The zero-order chi connectivity index (χ0) is 32.4. The Bertz CT molecular complexity index is 1750. The van der Waals surface area contributed by atoms with Crippen LogP contribution < -0.4 is 0 Å². The molecule has 1 unspecified atom stereocenters. The molecule has 0 bridgehead atoms. The van der Waals surface area contributed by atoms with Gasteiger partial charge in [-0.25, -0.2) is 34.4 Å². The Balaban J connectivity index is 0.000000199. The Morgan fingerprint density at radius 3 is 1.56 bits per heavy atom. The van der Waals surface area contributed by atoms with Crippen molar-refractivity contribution < 1.29 is 44.1 Å². The van der Waals surface area contributed by atoms with Crippen LogP contribution in [0.15, 0.2) is 53.3 Å². The van der Waals surface area contributed by atoms with Gasteiger partial charge in [0.1, 0.15) is 43.6 Å². The maximum absolute atomic E-state index is 14.2. The fourth-order valence-corrected chi connectivity index (χ4v) is 9.70. The summed E-state index contributed by atoms with van der Waals surface area (Å²) in [6, 6.07) is 6.16. The first-order chi connectivity index (χ1) is 19.6. The van der Waals surface area contributed by atoms with Crippen molar-refractivity contribution in [3.63, 3.8) is 0 Å². The Morgan fingerprint density at radius 2 is 1.19 bits per heavy atom. The van der Waals surface area contributed by atoms with E-state index in [1.54, 1.807) is 27.7 Å². The van der Waals surface area contributed by atoms with E-state index in [4.69, 9.17) is 32.9 Å². The van der Waals surface area contributed by atoms with Gasteiger partial charge in [0, 0.05) is 24.8 Å². The predicted molar refractivity (Wildman–Crippen MR) is 155 cm³/mol. The number of hydrogen-bond donors (Lipinski definition) is 0. The maximum Gasteiger partial charge on any atom is 0.223 e. The normalized spacial score (nSPS) is 23.2. The molecular weight excluding hydrogens is 659 g/mol. The van der Waals surface area contributed by atoms with Crippen molar-refractivity contribution >= 4 is 57.9 Å². The standard InChI is InChI=1S/C14H13Cl2F2NO3S.C13H13F2NO3S/c1-12(2)6-10(19-22-12)23(20,21)13(7-14(13,15)16)11-8(17)4-3-5-9(11)18;1-8(12-9(14)5-4-6-10(12)15)20(17,18)11-7-13(2,3)19-16-11/h3-5H,6-7H2,1-2H3;4-6H,1,7H2,2-3H3. The first-order valence-electron chi connectivity index (χ1n) is 12.6. The molecule has 0 N–H and O–H groups in total. The topological polar surface area (TPSA) is 111 Å². The van der Waals surface area contributed by atoms with E-state index in [1.807, 2.05) is 0 Å². The molecule has 1 atom stereocenters. The van der Waals surface area contributed by atoms with Crippen LogP contribution in [0.25, 0.3) is 4.91 Å². The van der Waals surface area contributed by atoms with Crippen molar-refractivity contribution in [1.29, 1.82) is 0 Å². The monoisotopic (exact) mass is 684 g/mol. The second-order valence-electron chi connectivity index (χ2n) is 11.4. The van der Waals surface area contributed by atoms with Crippen molar-refractivity contribution in [3.8, 4) is 0 Å². The van der Waals surface area contributed by atoms with Gasteiger partial charge in [-0.15, -0.1) is 0 Å². The van der Waals surface area contributed by atoms with Crippen LogP contribution in [0.3, 0.4) is 0 Å². The molecule has 1 saturated carbocycles. The zero-order valence-corrected chi connectivity index (χ0v) is 26.4. The maximum atomic E-state index is 14.2. The third kappa shape index (κ3) is 5.78. The highest BCUT2D eigenvalue weighted by Crippen LogP contribution is 2.69. The summed E-state index contributed by atoms with van der Waals surface area (Å²) in [5.41, 5.74) is -2.92. The molecule has 16 heteroatoms. The number of nitrogens with zero attached hydrogens (tertiary/aromatic N) is 2. The fourth-order valence-electron chi connectivity index (χ4n) is 4.59. The summed E-state index contributed by atoms with van der Waals surface area (Å²) in [5.74, 6) is -4.01. The van der Waals surface area contributed by atoms with Crippen LogP contribution >= 0.6 is 23.2 Å². The highest BCUT2D eigenvalue weighted by molar-refractivity contribution is 8.14. The Kier molecular flexibility index (Phi) is 8.30. The van der Waals surface area contributed by atoms with Gasteiger partial charge in [-0.1, -0.05) is 52.2 Å². The summed E-state index contributed by atoms with van der Waals surface area (Å²) in [7, 11) is -8.48. The van der Waals surface area contributed by atoms with Gasteiger partial charge < -0.3 is 9.68 Å². The van der Waals surface area contributed by atoms with Crippen LogP contribution in [0.2, 0.25) is 0 Å². The Morgan fingerprint density at radius 1 is 0.791 bits per heavy atom. The van der Waals surface area contributed by atoms with Crippen LogP contribution in [0, 0.1) is 23.3 Å². The molecule has 3 aliphatic rings. The quantitative estimate of drug-likeness (QED) is 0.268. The lowest BCUT2D eigenvalue weighted by molar-refractivity contribution is 0.0120. The summed E-state index contributed by atoms with van der Waals surface area (Å²) >= 11 is 12.1.